The van der Waals surface area contributed by atoms with Crippen LogP contribution in [0.2, 0.25) is 0 Å². The highest BCUT2D eigenvalue weighted by Crippen LogP contribution is 2.21. The van der Waals surface area contributed by atoms with Crippen LogP contribution < -0.4 is 11.1 Å². The molecule has 0 unspecified atom stereocenters. The second-order valence-electron chi connectivity index (χ2n) is 7.03. The number of aromatic nitrogens is 3. The minimum Gasteiger partial charge on any atom is -0.368 e. The van der Waals surface area contributed by atoms with Crippen LogP contribution in [0, 0.1) is 0 Å². The number of nitrogens with one attached hydrogen (secondary N) is 2. The molecule has 2 amide bonds. The molecule has 31 heavy (non-hydrogen) atoms. The van der Waals surface area contributed by atoms with Crippen molar-refractivity contribution in [1.82, 2.24) is 20.3 Å². The summed E-state index contributed by atoms with van der Waals surface area (Å²) in [5.41, 5.74) is 9.27. The van der Waals surface area contributed by atoms with E-state index in [1.54, 1.807) is 30.6 Å². The van der Waals surface area contributed by atoms with E-state index in [0.717, 1.165) is 22.2 Å². The summed E-state index contributed by atoms with van der Waals surface area (Å²) in [6.45, 7) is 0. The van der Waals surface area contributed by atoms with Gasteiger partial charge in [-0.1, -0.05) is 42.5 Å². The second-order valence-corrected chi connectivity index (χ2v) is 7.03. The van der Waals surface area contributed by atoms with E-state index >= 15 is 0 Å². The Morgan fingerprint density at radius 1 is 1.06 bits per heavy atom. The van der Waals surface area contributed by atoms with Gasteiger partial charge in [-0.05, 0) is 42.3 Å². The first-order chi connectivity index (χ1) is 15.1. The van der Waals surface area contributed by atoms with E-state index in [9.17, 15) is 9.59 Å². The van der Waals surface area contributed by atoms with Crippen LogP contribution in [-0.2, 0) is 4.79 Å². The van der Waals surface area contributed by atoms with Gasteiger partial charge in [0.1, 0.15) is 11.9 Å². The zero-order valence-electron chi connectivity index (χ0n) is 16.7. The topological polar surface area (TPSA) is 114 Å². The molecule has 0 bridgehead atoms. The summed E-state index contributed by atoms with van der Waals surface area (Å²) < 4.78 is 0. The van der Waals surface area contributed by atoms with Gasteiger partial charge in [0.15, 0.2) is 0 Å². The van der Waals surface area contributed by atoms with Gasteiger partial charge < -0.3 is 16.0 Å². The zero-order chi connectivity index (χ0) is 21.6. The van der Waals surface area contributed by atoms with Crippen LogP contribution in [0.15, 0.2) is 79.1 Å². The molecule has 0 spiro atoms. The SMILES string of the molecule is NC(=O)[C@H](CC=Cc1ccccc1)NC(=O)c1ccc2nc(-c3ccncc3)[nH]c2c1. The minimum absolute atomic E-state index is 0.300. The molecule has 7 heteroatoms. The van der Waals surface area contributed by atoms with E-state index in [4.69, 9.17) is 5.73 Å². The lowest BCUT2D eigenvalue weighted by molar-refractivity contribution is -0.119. The normalized spacial score (nSPS) is 12.1. The lowest BCUT2D eigenvalue weighted by atomic mass is 10.1. The Morgan fingerprint density at radius 2 is 1.84 bits per heavy atom. The highest BCUT2D eigenvalue weighted by molar-refractivity contribution is 6.00. The van der Waals surface area contributed by atoms with Gasteiger partial charge in [0.05, 0.1) is 11.0 Å². The Labute approximate surface area is 179 Å². The number of fused-ring (bicyclic) bond motifs is 1. The van der Waals surface area contributed by atoms with Gasteiger partial charge in [0, 0.05) is 23.5 Å². The summed E-state index contributed by atoms with van der Waals surface area (Å²) >= 11 is 0. The van der Waals surface area contributed by atoms with Crippen molar-refractivity contribution in [3.8, 4) is 11.4 Å². The Morgan fingerprint density at radius 3 is 2.58 bits per heavy atom. The van der Waals surface area contributed by atoms with Crippen LogP contribution in [0.1, 0.15) is 22.3 Å². The van der Waals surface area contributed by atoms with Crippen LogP contribution in [-0.4, -0.2) is 32.8 Å². The van der Waals surface area contributed by atoms with Crippen molar-refractivity contribution in [1.29, 1.82) is 0 Å². The first kappa shape index (κ1) is 20.0. The number of pyridine rings is 1. The van der Waals surface area contributed by atoms with Gasteiger partial charge in [-0.3, -0.25) is 14.6 Å². The Hall–Kier alpha value is -4.26. The Bertz CT molecular complexity index is 1230. The molecule has 7 nitrogen and oxygen atoms in total. The standard InChI is InChI=1S/C24H21N5O2/c25-22(30)20(8-4-7-16-5-2-1-3-6-16)29-24(31)18-9-10-19-21(15-18)28-23(27-19)17-11-13-26-14-12-17/h1-7,9-15,20H,8H2,(H2,25,30)(H,27,28)(H,29,31)/t20-/m0/s1. The highest BCUT2D eigenvalue weighted by Gasteiger charge is 2.18. The number of hydrogen-bond donors (Lipinski definition) is 3. The van der Waals surface area contributed by atoms with E-state index in [2.05, 4.69) is 20.3 Å². The number of H-pyrrole nitrogens is 1. The van der Waals surface area contributed by atoms with E-state index in [1.807, 2.05) is 54.6 Å². The van der Waals surface area contributed by atoms with E-state index in [1.165, 1.54) is 0 Å². The molecule has 0 aliphatic heterocycles. The lowest BCUT2D eigenvalue weighted by Crippen LogP contribution is -2.44. The van der Waals surface area contributed by atoms with Crippen molar-refractivity contribution in [3.63, 3.8) is 0 Å². The number of hydrogen-bond acceptors (Lipinski definition) is 4. The van der Waals surface area contributed by atoms with Crippen LogP contribution in [0.3, 0.4) is 0 Å². The number of nitrogens with zero attached hydrogens (tertiary/aromatic N) is 2. The molecule has 1 atom stereocenters. The number of carbonyl (C=O) groups is 2. The first-order valence-electron chi connectivity index (χ1n) is 9.82. The average Bonchev–Trinajstić information content (AvgIpc) is 3.23. The number of amides is 2. The fourth-order valence-corrected chi connectivity index (χ4v) is 3.19. The van der Waals surface area contributed by atoms with Gasteiger partial charge in [0.2, 0.25) is 5.91 Å². The van der Waals surface area contributed by atoms with Gasteiger partial charge in [0.25, 0.3) is 5.91 Å². The number of carbonyl (C=O) groups excluding carboxylic acids is 2. The van der Waals surface area contributed by atoms with Gasteiger partial charge in [-0.2, -0.15) is 0 Å². The van der Waals surface area contributed by atoms with E-state index < -0.39 is 11.9 Å². The predicted octanol–water partition coefficient (Wildman–Crippen LogP) is 3.31. The maximum atomic E-state index is 12.7. The van der Waals surface area contributed by atoms with Crippen molar-refractivity contribution < 1.29 is 9.59 Å². The lowest BCUT2D eigenvalue weighted by Gasteiger charge is -2.13. The molecule has 2 aromatic heterocycles. The molecule has 2 heterocycles. The molecule has 0 saturated heterocycles. The molecule has 4 rings (SSSR count). The van der Waals surface area contributed by atoms with Gasteiger partial charge in [-0.15, -0.1) is 0 Å². The van der Waals surface area contributed by atoms with Crippen molar-refractivity contribution in [3.05, 3.63) is 90.3 Å². The Balaban J connectivity index is 1.48. The smallest absolute Gasteiger partial charge is 0.252 e. The van der Waals surface area contributed by atoms with Crippen LogP contribution >= 0.6 is 0 Å². The number of nitrogens with two attached hydrogens (primary N) is 1. The average molecular weight is 411 g/mol. The van der Waals surface area contributed by atoms with Crippen molar-refractivity contribution >= 4 is 28.9 Å². The summed E-state index contributed by atoms with van der Waals surface area (Å²) in [5, 5.41) is 2.71. The van der Waals surface area contributed by atoms with Crippen LogP contribution in [0.25, 0.3) is 28.5 Å². The molecule has 0 saturated carbocycles. The molecular weight excluding hydrogens is 390 g/mol. The van der Waals surface area contributed by atoms with Gasteiger partial charge in [-0.25, -0.2) is 4.98 Å². The largest absolute Gasteiger partial charge is 0.368 e. The molecule has 2 aromatic carbocycles. The number of aromatic amines is 1. The molecular formula is C24H21N5O2. The number of imidazole rings is 1. The number of rotatable bonds is 7. The highest BCUT2D eigenvalue weighted by atomic mass is 16.2. The molecule has 0 radical (unpaired) electrons. The van der Waals surface area contributed by atoms with E-state index in [0.29, 0.717) is 17.8 Å². The Kier molecular flexibility index (Phi) is 5.84. The summed E-state index contributed by atoms with van der Waals surface area (Å²) in [4.78, 5) is 36.3. The summed E-state index contributed by atoms with van der Waals surface area (Å²) in [5.74, 6) is -0.274. The monoisotopic (exact) mass is 411 g/mol. The third kappa shape index (κ3) is 4.84. The fraction of sp³-hybridized carbons (Fsp3) is 0.0833. The maximum absolute atomic E-state index is 12.7. The third-order valence-electron chi connectivity index (χ3n) is 4.83. The third-order valence-corrected chi connectivity index (χ3v) is 4.83. The van der Waals surface area contributed by atoms with Gasteiger partial charge >= 0.3 is 0 Å². The molecule has 4 aromatic rings. The molecule has 154 valence electrons. The first-order valence-corrected chi connectivity index (χ1v) is 9.82. The minimum atomic E-state index is -0.808. The zero-order valence-corrected chi connectivity index (χ0v) is 16.7. The maximum Gasteiger partial charge on any atom is 0.252 e. The fourth-order valence-electron chi connectivity index (χ4n) is 3.19. The summed E-state index contributed by atoms with van der Waals surface area (Å²) in [6.07, 6.45) is 7.40. The molecule has 0 aliphatic rings. The summed E-state index contributed by atoms with van der Waals surface area (Å²) in [6, 6.07) is 17.7. The number of benzene rings is 2. The quantitative estimate of drug-likeness (QED) is 0.433. The second kappa shape index (κ2) is 9.04. The summed E-state index contributed by atoms with van der Waals surface area (Å²) in [7, 11) is 0. The number of primary amides is 1. The van der Waals surface area contributed by atoms with Crippen molar-refractivity contribution in [2.45, 2.75) is 12.5 Å². The molecule has 4 N–H and O–H groups in total. The van der Waals surface area contributed by atoms with Crippen molar-refractivity contribution in [2.24, 2.45) is 5.73 Å². The molecule has 0 aliphatic carbocycles. The van der Waals surface area contributed by atoms with Crippen molar-refractivity contribution in [2.75, 3.05) is 0 Å². The van der Waals surface area contributed by atoms with E-state index in [-0.39, 0.29) is 5.91 Å². The molecule has 0 fully saturated rings. The van der Waals surface area contributed by atoms with Crippen LogP contribution in [0.4, 0.5) is 0 Å². The predicted molar refractivity (Wildman–Crippen MR) is 120 cm³/mol. The van der Waals surface area contributed by atoms with Crippen LogP contribution in [0.5, 0.6) is 0 Å².